The standard InChI is InChI=1S/C14H22N2O/c1-14(2,17)7-9-16-8-6-11-4-3-5-13(15)12(11)10-16/h3-5,17H,6-10,15H2,1-2H3. The molecule has 1 heterocycles. The largest absolute Gasteiger partial charge is 0.398 e. The fourth-order valence-corrected chi connectivity index (χ4v) is 2.29. The molecule has 0 fully saturated rings. The lowest BCUT2D eigenvalue weighted by atomic mass is 9.97. The van der Waals surface area contributed by atoms with Gasteiger partial charge in [0.05, 0.1) is 5.60 Å². The van der Waals surface area contributed by atoms with Crippen molar-refractivity contribution < 1.29 is 5.11 Å². The molecule has 0 atom stereocenters. The molecule has 3 heteroatoms. The van der Waals surface area contributed by atoms with E-state index in [1.165, 1.54) is 11.1 Å². The van der Waals surface area contributed by atoms with Crippen LogP contribution in [0.4, 0.5) is 5.69 Å². The van der Waals surface area contributed by atoms with E-state index in [4.69, 9.17) is 5.73 Å². The van der Waals surface area contributed by atoms with Crippen molar-refractivity contribution in [2.75, 3.05) is 18.8 Å². The first-order chi connectivity index (χ1) is 7.96. The quantitative estimate of drug-likeness (QED) is 0.784. The summed E-state index contributed by atoms with van der Waals surface area (Å²) >= 11 is 0. The minimum atomic E-state index is -0.581. The highest BCUT2D eigenvalue weighted by Crippen LogP contribution is 2.24. The van der Waals surface area contributed by atoms with Crippen molar-refractivity contribution in [3.8, 4) is 0 Å². The number of nitrogens with two attached hydrogens (primary N) is 1. The van der Waals surface area contributed by atoms with Crippen LogP contribution in [0.15, 0.2) is 18.2 Å². The van der Waals surface area contributed by atoms with Gasteiger partial charge in [-0.2, -0.15) is 0 Å². The maximum Gasteiger partial charge on any atom is 0.0603 e. The molecule has 3 nitrogen and oxygen atoms in total. The number of nitrogens with zero attached hydrogens (tertiary/aromatic N) is 1. The Hall–Kier alpha value is -1.06. The number of anilines is 1. The van der Waals surface area contributed by atoms with Gasteiger partial charge in [0.25, 0.3) is 0 Å². The van der Waals surface area contributed by atoms with Crippen molar-refractivity contribution in [2.24, 2.45) is 0 Å². The van der Waals surface area contributed by atoms with Crippen molar-refractivity contribution in [2.45, 2.75) is 38.8 Å². The summed E-state index contributed by atoms with van der Waals surface area (Å²) in [5.41, 5.74) is 8.98. The highest BCUT2D eigenvalue weighted by molar-refractivity contribution is 5.51. The molecule has 2 rings (SSSR count). The van der Waals surface area contributed by atoms with Crippen molar-refractivity contribution in [1.82, 2.24) is 4.90 Å². The van der Waals surface area contributed by atoms with Crippen LogP contribution in [0.25, 0.3) is 0 Å². The molecule has 1 aromatic rings. The minimum absolute atomic E-state index is 0.581. The molecular formula is C14H22N2O. The molecular weight excluding hydrogens is 212 g/mol. The smallest absolute Gasteiger partial charge is 0.0603 e. The molecule has 0 bridgehead atoms. The van der Waals surface area contributed by atoms with Crippen LogP contribution < -0.4 is 5.73 Å². The summed E-state index contributed by atoms with van der Waals surface area (Å²) < 4.78 is 0. The predicted molar refractivity (Wildman–Crippen MR) is 70.8 cm³/mol. The molecule has 0 saturated carbocycles. The van der Waals surface area contributed by atoms with E-state index in [1.807, 2.05) is 26.0 Å². The Balaban J connectivity index is 2.01. The first kappa shape index (κ1) is 12.4. The zero-order chi connectivity index (χ0) is 12.5. The maximum absolute atomic E-state index is 9.75. The lowest BCUT2D eigenvalue weighted by Gasteiger charge is -2.31. The summed E-state index contributed by atoms with van der Waals surface area (Å²) in [6, 6.07) is 6.16. The number of aliphatic hydroxyl groups is 1. The zero-order valence-electron chi connectivity index (χ0n) is 10.7. The SMILES string of the molecule is CC(C)(O)CCN1CCc2cccc(N)c2C1. The van der Waals surface area contributed by atoms with Crippen molar-refractivity contribution in [3.63, 3.8) is 0 Å². The third-order valence-electron chi connectivity index (χ3n) is 3.43. The van der Waals surface area contributed by atoms with Crippen LogP contribution in [0.3, 0.4) is 0 Å². The summed E-state index contributed by atoms with van der Waals surface area (Å²) in [4.78, 5) is 2.37. The summed E-state index contributed by atoms with van der Waals surface area (Å²) in [6.45, 7) is 6.63. The summed E-state index contributed by atoms with van der Waals surface area (Å²) in [5, 5.41) is 9.75. The number of nitrogen functional groups attached to an aromatic ring is 1. The van der Waals surface area contributed by atoms with Gasteiger partial charge in [0.2, 0.25) is 0 Å². The molecule has 1 aromatic carbocycles. The third-order valence-corrected chi connectivity index (χ3v) is 3.43. The Morgan fingerprint density at radius 2 is 2.18 bits per heavy atom. The van der Waals surface area contributed by atoms with Gasteiger partial charge in [-0.3, -0.25) is 4.90 Å². The van der Waals surface area contributed by atoms with E-state index >= 15 is 0 Å². The van der Waals surface area contributed by atoms with Gasteiger partial charge in [0.15, 0.2) is 0 Å². The van der Waals surface area contributed by atoms with Crippen molar-refractivity contribution in [1.29, 1.82) is 0 Å². The highest BCUT2D eigenvalue weighted by Gasteiger charge is 2.20. The van der Waals surface area contributed by atoms with Crippen molar-refractivity contribution >= 4 is 5.69 Å². The lowest BCUT2D eigenvalue weighted by Crippen LogP contribution is -2.35. The Kier molecular flexibility index (Phi) is 3.40. The second-order valence-corrected chi connectivity index (χ2v) is 5.57. The lowest BCUT2D eigenvalue weighted by molar-refractivity contribution is 0.0558. The number of benzene rings is 1. The van der Waals surface area contributed by atoms with Gasteiger partial charge in [0.1, 0.15) is 0 Å². The third kappa shape index (κ3) is 3.20. The van der Waals surface area contributed by atoms with E-state index in [2.05, 4.69) is 11.0 Å². The molecule has 94 valence electrons. The Bertz CT molecular complexity index is 396. The van der Waals surface area contributed by atoms with E-state index in [0.29, 0.717) is 0 Å². The van der Waals surface area contributed by atoms with Gasteiger partial charge in [-0.05, 0) is 43.9 Å². The van der Waals surface area contributed by atoms with E-state index in [0.717, 1.165) is 38.2 Å². The molecule has 1 aliphatic rings. The highest BCUT2D eigenvalue weighted by atomic mass is 16.3. The summed E-state index contributed by atoms with van der Waals surface area (Å²) in [5.74, 6) is 0. The fourth-order valence-electron chi connectivity index (χ4n) is 2.29. The molecule has 0 aromatic heterocycles. The van der Waals surface area contributed by atoms with Gasteiger partial charge in [-0.25, -0.2) is 0 Å². The molecule has 17 heavy (non-hydrogen) atoms. The monoisotopic (exact) mass is 234 g/mol. The van der Waals surface area contributed by atoms with Gasteiger partial charge in [-0.1, -0.05) is 12.1 Å². The average molecular weight is 234 g/mol. The molecule has 0 aliphatic carbocycles. The molecule has 3 N–H and O–H groups in total. The van der Waals surface area contributed by atoms with Crippen LogP contribution in [-0.2, 0) is 13.0 Å². The van der Waals surface area contributed by atoms with Crippen LogP contribution in [0, 0.1) is 0 Å². The number of hydrogen-bond acceptors (Lipinski definition) is 3. The molecule has 0 amide bonds. The van der Waals surface area contributed by atoms with Crippen LogP contribution in [0.5, 0.6) is 0 Å². The van der Waals surface area contributed by atoms with Crippen LogP contribution in [-0.4, -0.2) is 28.7 Å². The Morgan fingerprint density at radius 3 is 2.88 bits per heavy atom. The van der Waals surface area contributed by atoms with E-state index in [-0.39, 0.29) is 0 Å². The average Bonchev–Trinajstić information content (AvgIpc) is 2.26. The first-order valence-electron chi connectivity index (χ1n) is 6.27. The Morgan fingerprint density at radius 1 is 1.41 bits per heavy atom. The molecule has 0 radical (unpaired) electrons. The second kappa shape index (κ2) is 4.67. The predicted octanol–water partition coefficient (Wildman–Crippen LogP) is 1.79. The minimum Gasteiger partial charge on any atom is -0.398 e. The molecule has 0 saturated heterocycles. The van der Waals surface area contributed by atoms with E-state index in [1.54, 1.807) is 0 Å². The van der Waals surface area contributed by atoms with E-state index in [9.17, 15) is 5.11 Å². The summed E-state index contributed by atoms with van der Waals surface area (Å²) in [6.07, 6.45) is 1.86. The molecule has 0 spiro atoms. The number of fused-ring (bicyclic) bond motifs is 1. The van der Waals surface area contributed by atoms with Crippen LogP contribution in [0.2, 0.25) is 0 Å². The Labute approximate surface area is 103 Å². The topological polar surface area (TPSA) is 49.5 Å². The van der Waals surface area contributed by atoms with Crippen LogP contribution in [0.1, 0.15) is 31.4 Å². The maximum atomic E-state index is 9.75. The second-order valence-electron chi connectivity index (χ2n) is 5.57. The summed E-state index contributed by atoms with van der Waals surface area (Å²) in [7, 11) is 0. The zero-order valence-corrected chi connectivity index (χ0v) is 10.7. The fraction of sp³-hybridized carbons (Fsp3) is 0.571. The number of hydrogen-bond donors (Lipinski definition) is 2. The van der Waals surface area contributed by atoms with Crippen LogP contribution >= 0.6 is 0 Å². The van der Waals surface area contributed by atoms with Gasteiger partial charge >= 0.3 is 0 Å². The number of rotatable bonds is 3. The normalized spacial score (nSPS) is 16.9. The molecule has 1 aliphatic heterocycles. The first-order valence-corrected chi connectivity index (χ1v) is 6.27. The van der Waals surface area contributed by atoms with E-state index < -0.39 is 5.60 Å². The van der Waals surface area contributed by atoms with Gasteiger partial charge in [0, 0.05) is 25.3 Å². The molecule has 0 unspecified atom stereocenters. The van der Waals surface area contributed by atoms with Gasteiger partial charge < -0.3 is 10.8 Å². The van der Waals surface area contributed by atoms with Gasteiger partial charge in [-0.15, -0.1) is 0 Å². The van der Waals surface area contributed by atoms with Crippen molar-refractivity contribution in [3.05, 3.63) is 29.3 Å².